The summed E-state index contributed by atoms with van der Waals surface area (Å²) in [5.74, 6) is -4.23. The average Bonchev–Trinajstić information content (AvgIpc) is 3.44. The molecule has 0 spiro atoms. The van der Waals surface area contributed by atoms with Gasteiger partial charge in [-0.1, -0.05) is 0 Å². The molecular formula is C24H22F4N4O4. The zero-order chi connectivity index (χ0) is 26.0. The maximum absolute atomic E-state index is 15.0. The molecule has 8 nitrogen and oxygen atoms in total. The molecule has 2 atom stereocenters. The van der Waals surface area contributed by atoms with Gasteiger partial charge in [0.25, 0.3) is 11.8 Å². The van der Waals surface area contributed by atoms with Crippen LogP contribution in [0.15, 0.2) is 48.7 Å². The van der Waals surface area contributed by atoms with Crippen molar-refractivity contribution in [3.05, 3.63) is 71.4 Å². The van der Waals surface area contributed by atoms with Crippen LogP contribution in [-0.2, 0) is 11.3 Å². The van der Waals surface area contributed by atoms with Crippen LogP contribution in [0.4, 0.5) is 23.4 Å². The van der Waals surface area contributed by atoms with Crippen LogP contribution in [-0.4, -0.2) is 47.9 Å². The van der Waals surface area contributed by atoms with Gasteiger partial charge in [-0.15, -0.1) is 0 Å². The number of aromatic nitrogens is 2. The van der Waals surface area contributed by atoms with Gasteiger partial charge in [-0.05, 0) is 31.2 Å². The predicted molar refractivity (Wildman–Crippen MR) is 120 cm³/mol. The number of hydrogen-bond donors (Lipinski definition) is 1. The minimum absolute atomic E-state index is 0.0348. The van der Waals surface area contributed by atoms with E-state index in [4.69, 9.17) is 4.74 Å². The van der Waals surface area contributed by atoms with E-state index in [0.717, 1.165) is 12.1 Å². The van der Waals surface area contributed by atoms with Gasteiger partial charge >= 0.3 is 6.61 Å². The molecule has 2 heterocycles. The van der Waals surface area contributed by atoms with Gasteiger partial charge in [0.1, 0.15) is 29.2 Å². The lowest BCUT2D eigenvalue weighted by Gasteiger charge is -2.20. The number of nitrogens with one attached hydrogen (secondary N) is 1. The molecule has 12 heteroatoms. The molecular weight excluding hydrogens is 484 g/mol. The smallest absolute Gasteiger partial charge is 0.387 e. The summed E-state index contributed by atoms with van der Waals surface area (Å²) in [4.78, 5) is 27.5. The standard InChI is InChI=1S/C24H22F4N4O4/c1-3-31-9-8-19(30-31)32-12-16(20-17(25)10-15(35-2)11-18(20)26)21(23(32)34)29-22(33)13-4-6-14(7-5-13)36-24(27)28/h4-11,16,21,24H,3,12H2,1-2H3,(H,29,33)/t16-,21?/m0/s1. The molecule has 0 aliphatic carbocycles. The van der Waals surface area contributed by atoms with E-state index in [1.54, 1.807) is 16.9 Å². The van der Waals surface area contributed by atoms with Crippen molar-refractivity contribution in [3.8, 4) is 11.5 Å². The Balaban J connectivity index is 1.66. The molecule has 190 valence electrons. The number of anilines is 1. The van der Waals surface area contributed by atoms with E-state index in [0.29, 0.717) is 6.54 Å². The summed E-state index contributed by atoms with van der Waals surface area (Å²) in [6, 6.07) is 7.05. The summed E-state index contributed by atoms with van der Waals surface area (Å²) in [7, 11) is 1.26. The quantitative estimate of drug-likeness (QED) is 0.471. The van der Waals surface area contributed by atoms with Crippen LogP contribution >= 0.6 is 0 Å². The molecule has 2 amide bonds. The van der Waals surface area contributed by atoms with Crippen molar-refractivity contribution in [3.63, 3.8) is 0 Å². The zero-order valence-electron chi connectivity index (χ0n) is 19.3. The van der Waals surface area contributed by atoms with E-state index in [1.165, 1.54) is 36.3 Å². The minimum atomic E-state index is -3.03. The number of amides is 2. The van der Waals surface area contributed by atoms with Crippen molar-refractivity contribution >= 4 is 17.6 Å². The van der Waals surface area contributed by atoms with Gasteiger partial charge in [-0.3, -0.25) is 19.2 Å². The fourth-order valence-corrected chi connectivity index (χ4v) is 4.08. The molecule has 4 rings (SSSR count). The Bertz CT molecular complexity index is 1240. The normalized spacial score (nSPS) is 17.5. The number of alkyl halides is 2. The Morgan fingerprint density at radius 2 is 1.81 bits per heavy atom. The van der Waals surface area contributed by atoms with E-state index in [9.17, 15) is 27.2 Å². The van der Waals surface area contributed by atoms with Crippen molar-refractivity contribution < 1.29 is 36.6 Å². The highest BCUT2D eigenvalue weighted by molar-refractivity contribution is 6.04. The van der Waals surface area contributed by atoms with Crippen LogP contribution in [0, 0.1) is 11.6 Å². The summed E-state index contributed by atoms with van der Waals surface area (Å²) in [5.41, 5.74) is -0.347. The second-order valence-corrected chi connectivity index (χ2v) is 7.94. The lowest BCUT2D eigenvalue weighted by Crippen LogP contribution is -2.44. The SMILES string of the molecule is CCn1ccc(N2C[C@@H](c3c(F)cc(OC)cc3F)C(NC(=O)c3ccc(OC(F)F)cc3)C2=O)n1. The van der Waals surface area contributed by atoms with Crippen molar-refractivity contribution in [2.24, 2.45) is 0 Å². The predicted octanol–water partition coefficient (Wildman–Crippen LogP) is 3.72. The first-order chi connectivity index (χ1) is 17.2. The van der Waals surface area contributed by atoms with Gasteiger partial charge in [-0.25, -0.2) is 8.78 Å². The summed E-state index contributed by atoms with van der Waals surface area (Å²) in [5, 5.41) is 6.83. The summed E-state index contributed by atoms with van der Waals surface area (Å²) in [6.07, 6.45) is 1.65. The first-order valence-electron chi connectivity index (χ1n) is 10.9. The Morgan fingerprint density at radius 1 is 1.14 bits per heavy atom. The Morgan fingerprint density at radius 3 is 2.36 bits per heavy atom. The van der Waals surface area contributed by atoms with E-state index >= 15 is 0 Å². The van der Waals surface area contributed by atoms with Gasteiger partial charge in [-0.2, -0.15) is 13.9 Å². The van der Waals surface area contributed by atoms with Gasteiger partial charge < -0.3 is 14.8 Å². The van der Waals surface area contributed by atoms with E-state index in [1.807, 2.05) is 6.92 Å². The molecule has 1 aliphatic rings. The van der Waals surface area contributed by atoms with Crippen molar-refractivity contribution in [2.45, 2.75) is 32.0 Å². The second-order valence-electron chi connectivity index (χ2n) is 7.94. The fraction of sp³-hybridized carbons (Fsp3) is 0.292. The second kappa shape index (κ2) is 10.3. The monoisotopic (exact) mass is 506 g/mol. The first-order valence-corrected chi connectivity index (χ1v) is 10.9. The summed E-state index contributed by atoms with van der Waals surface area (Å²) >= 11 is 0. The van der Waals surface area contributed by atoms with Gasteiger partial charge in [0.2, 0.25) is 0 Å². The zero-order valence-corrected chi connectivity index (χ0v) is 19.3. The van der Waals surface area contributed by atoms with Crippen molar-refractivity contribution in [1.82, 2.24) is 15.1 Å². The average molecular weight is 506 g/mol. The number of halogens is 4. The Labute approximate surface area is 203 Å². The Kier molecular flexibility index (Phi) is 7.13. The Hall–Kier alpha value is -4.09. The van der Waals surface area contributed by atoms with Crippen LogP contribution in [0.5, 0.6) is 11.5 Å². The molecule has 0 radical (unpaired) electrons. The van der Waals surface area contributed by atoms with E-state index in [-0.39, 0.29) is 35.0 Å². The molecule has 0 bridgehead atoms. The van der Waals surface area contributed by atoms with Crippen LogP contribution in [0.1, 0.15) is 28.8 Å². The molecule has 1 aliphatic heterocycles. The topological polar surface area (TPSA) is 85.7 Å². The number of ether oxygens (including phenoxy) is 2. The number of carbonyl (C=O) groups excluding carboxylic acids is 2. The molecule has 1 saturated heterocycles. The lowest BCUT2D eigenvalue weighted by atomic mass is 9.92. The van der Waals surface area contributed by atoms with Crippen molar-refractivity contribution in [1.29, 1.82) is 0 Å². The summed E-state index contributed by atoms with van der Waals surface area (Å²) in [6.45, 7) is -0.781. The van der Waals surface area contributed by atoms with Crippen LogP contribution in [0.3, 0.4) is 0 Å². The molecule has 1 unspecified atom stereocenters. The van der Waals surface area contributed by atoms with Gasteiger partial charge in [0.05, 0.1) is 7.11 Å². The molecule has 1 N–H and O–H groups in total. The van der Waals surface area contributed by atoms with E-state index < -0.39 is 42.0 Å². The fourth-order valence-electron chi connectivity index (χ4n) is 4.08. The van der Waals surface area contributed by atoms with Crippen LogP contribution in [0.25, 0.3) is 0 Å². The number of hydrogen-bond acceptors (Lipinski definition) is 5. The summed E-state index contributed by atoms with van der Waals surface area (Å²) < 4.78 is 65.5. The number of rotatable bonds is 8. The molecule has 0 saturated carbocycles. The molecule has 36 heavy (non-hydrogen) atoms. The van der Waals surface area contributed by atoms with Gasteiger partial charge in [0.15, 0.2) is 5.82 Å². The highest BCUT2D eigenvalue weighted by atomic mass is 19.3. The highest BCUT2D eigenvalue weighted by Gasteiger charge is 2.45. The highest BCUT2D eigenvalue weighted by Crippen LogP contribution is 2.36. The maximum atomic E-state index is 15.0. The lowest BCUT2D eigenvalue weighted by molar-refractivity contribution is -0.118. The van der Waals surface area contributed by atoms with Crippen LogP contribution in [0.2, 0.25) is 0 Å². The molecule has 1 aromatic heterocycles. The maximum Gasteiger partial charge on any atom is 0.387 e. The third kappa shape index (κ3) is 4.97. The molecule has 3 aromatic rings. The van der Waals surface area contributed by atoms with Gasteiger partial charge in [0, 0.05) is 54.5 Å². The van der Waals surface area contributed by atoms with E-state index in [2.05, 4.69) is 15.2 Å². The number of carbonyl (C=O) groups is 2. The molecule has 2 aromatic carbocycles. The third-order valence-corrected chi connectivity index (χ3v) is 5.83. The van der Waals surface area contributed by atoms with Crippen LogP contribution < -0.4 is 19.7 Å². The largest absolute Gasteiger partial charge is 0.497 e. The van der Waals surface area contributed by atoms with Crippen molar-refractivity contribution in [2.75, 3.05) is 18.6 Å². The number of nitrogens with zero attached hydrogens (tertiary/aromatic N) is 3. The third-order valence-electron chi connectivity index (χ3n) is 5.83. The number of aryl methyl sites for hydroxylation is 1. The first kappa shape index (κ1) is 25.0. The number of methoxy groups -OCH3 is 1. The minimum Gasteiger partial charge on any atom is -0.497 e. The molecule has 1 fully saturated rings. The number of benzene rings is 2.